The average molecular weight is 618 g/mol. The Morgan fingerprint density at radius 1 is 0.837 bits per heavy atom. The van der Waals surface area contributed by atoms with Crippen molar-refractivity contribution in [2.24, 2.45) is 0 Å². The van der Waals surface area contributed by atoms with E-state index in [9.17, 15) is 18.0 Å². The molecule has 43 heavy (non-hydrogen) atoms. The van der Waals surface area contributed by atoms with E-state index in [2.05, 4.69) is 5.32 Å². The van der Waals surface area contributed by atoms with E-state index < -0.39 is 28.5 Å². The number of benzene rings is 4. The third-order valence-electron chi connectivity index (χ3n) is 7.23. The van der Waals surface area contributed by atoms with Crippen molar-refractivity contribution in [3.63, 3.8) is 0 Å². The van der Waals surface area contributed by atoms with Crippen LogP contribution in [0.1, 0.15) is 29.2 Å². The Hall–Kier alpha value is -4.14. The molecule has 0 aliphatic rings. The fraction of sp³-hybridized carbons (Fsp3) is 0.235. The molecular weight excluding hydrogens is 582 g/mol. The normalized spacial score (nSPS) is 11.9. The minimum Gasteiger partial charge on any atom is -0.355 e. The molecule has 0 fully saturated rings. The number of rotatable bonds is 12. The van der Waals surface area contributed by atoms with Gasteiger partial charge in [0, 0.05) is 24.5 Å². The summed E-state index contributed by atoms with van der Waals surface area (Å²) in [6.07, 6.45) is 0.263. The number of anilines is 1. The zero-order valence-electron chi connectivity index (χ0n) is 24.5. The highest BCUT2D eigenvalue weighted by molar-refractivity contribution is 7.92. The lowest BCUT2D eigenvalue weighted by Crippen LogP contribution is -2.53. The van der Waals surface area contributed by atoms with Gasteiger partial charge in [-0.15, -0.1) is 0 Å². The van der Waals surface area contributed by atoms with E-state index in [1.165, 1.54) is 29.2 Å². The predicted octanol–water partition coefficient (Wildman–Crippen LogP) is 5.93. The summed E-state index contributed by atoms with van der Waals surface area (Å²) in [5.74, 6) is -0.815. The van der Waals surface area contributed by atoms with Crippen molar-refractivity contribution in [1.82, 2.24) is 10.2 Å². The summed E-state index contributed by atoms with van der Waals surface area (Å²) in [6, 6.07) is 29.0. The standard InChI is InChI=1S/C34H36ClN3O4S/c1-4-36-34(40)32(22-27-11-6-5-7-12-27)37(23-28-13-9-8-10-26(28)3)33(39)24-38(30-18-14-25(2)15-19-30)43(41,42)31-20-16-29(35)17-21-31/h5-21,32H,4,22-24H2,1-3H3,(H,36,40)/t32-/m1/s1. The molecule has 2 amide bonds. The van der Waals surface area contributed by atoms with Crippen LogP contribution in [0.15, 0.2) is 108 Å². The lowest BCUT2D eigenvalue weighted by Gasteiger charge is -2.34. The SMILES string of the molecule is CCNC(=O)[C@@H](Cc1ccccc1)N(Cc1ccccc1C)C(=O)CN(c1ccc(C)cc1)S(=O)(=O)c1ccc(Cl)cc1. The van der Waals surface area contributed by atoms with Crippen molar-refractivity contribution >= 4 is 39.1 Å². The first kappa shape index (κ1) is 31.8. The lowest BCUT2D eigenvalue weighted by atomic mass is 10.0. The van der Waals surface area contributed by atoms with E-state index in [4.69, 9.17) is 11.6 Å². The van der Waals surface area contributed by atoms with Gasteiger partial charge in [-0.3, -0.25) is 13.9 Å². The molecule has 0 saturated carbocycles. The zero-order valence-corrected chi connectivity index (χ0v) is 26.1. The molecule has 9 heteroatoms. The van der Waals surface area contributed by atoms with Crippen LogP contribution in [0.4, 0.5) is 5.69 Å². The third-order valence-corrected chi connectivity index (χ3v) is 9.27. The predicted molar refractivity (Wildman–Crippen MR) is 172 cm³/mol. The molecule has 224 valence electrons. The molecule has 0 saturated heterocycles. The quantitative estimate of drug-likeness (QED) is 0.214. The van der Waals surface area contributed by atoms with Gasteiger partial charge in [-0.05, 0) is 73.9 Å². The molecule has 0 aromatic heterocycles. The van der Waals surface area contributed by atoms with Crippen LogP contribution in [-0.2, 0) is 32.6 Å². The van der Waals surface area contributed by atoms with Crippen LogP contribution in [0.5, 0.6) is 0 Å². The molecule has 0 aliphatic carbocycles. The summed E-state index contributed by atoms with van der Waals surface area (Å²) >= 11 is 6.04. The van der Waals surface area contributed by atoms with E-state index in [0.717, 1.165) is 26.6 Å². The molecule has 0 heterocycles. The topological polar surface area (TPSA) is 86.8 Å². The van der Waals surface area contributed by atoms with Gasteiger partial charge in [0.1, 0.15) is 12.6 Å². The van der Waals surface area contributed by atoms with Gasteiger partial charge >= 0.3 is 0 Å². The Balaban J connectivity index is 1.80. The molecule has 0 bridgehead atoms. The minimum absolute atomic E-state index is 0.000269. The maximum Gasteiger partial charge on any atom is 0.264 e. The third kappa shape index (κ3) is 8.03. The van der Waals surface area contributed by atoms with Crippen LogP contribution in [0.2, 0.25) is 5.02 Å². The van der Waals surface area contributed by atoms with Crippen LogP contribution in [0.25, 0.3) is 0 Å². The Labute approximate surface area is 259 Å². The molecule has 7 nitrogen and oxygen atoms in total. The van der Waals surface area contributed by atoms with Gasteiger partial charge in [0.2, 0.25) is 11.8 Å². The highest BCUT2D eigenvalue weighted by Crippen LogP contribution is 2.26. The highest BCUT2D eigenvalue weighted by atomic mass is 35.5. The molecule has 0 aliphatic heterocycles. The number of carbonyl (C=O) groups excluding carboxylic acids is 2. The largest absolute Gasteiger partial charge is 0.355 e. The molecule has 0 unspecified atom stereocenters. The molecule has 4 rings (SSSR count). The van der Waals surface area contributed by atoms with E-state index in [1.807, 2.05) is 75.4 Å². The monoisotopic (exact) mass is 617 g/mol. The van der Waals surface area contributed by atoms with Gasteiger partial charge < -0.3 is 10.2 Å². The summed E-state index contributed by atoms with van der Waals surface area (Å²) in [5.41, 5.74) is 3.98. The van der Waals surface area contributed by atoms with E-state index >= 15 is 0 Å². The van der Waals surface area contributed by atoms with Crippen molar-refractivity contribution in [2.75, 3.05) is 17.4 Å². The first-order valence-electron chi connectivity index (χ1n) is 14.1. The molecule has 4 aromatic rings. The maximum atomic E-state index is 14.4. The second-order valence-corrected chi connectivity index (χ2v) is 12.6. The van der Waals surface area contributed by atoms with Crippen LogP contribution < -0.4 is 9.62 Å². The fourth-order valence-corrected chi connectivity index (χ4v) is 6.33. The Kier molecular flexibility index (Phi) is 10.6. The molecular formula is C34H36ClN3O4S. The molecule has 1 N–H and O–H groups in total. The number of carbonyl (C=O) groups is 2. The van der Waals surface area contributed by atoms with Crippen molar-refractivity contribution in [2.45, 2.75) is 44.7 Å². The Morgan fingerprint density at radius 3 is 2.09 bits per heavy atom. The van der Waals surface area contributed by atoms with Crippen LogP contribution in [0, 0.1) is 13.8 Å². The van der Waals surface area contributed by atoms with Crippen LogP contribution in [-0.4, -0.2) is 44.3 Å². The van der Waals surface area contributed by atoms with Gasteiger partial charge in [-0.1, -0.05) is 83.9 Å². The Morgan fingerprint density at radius 2 is 1.47 bits per heavy atom. The number of sulfonamides is 1. The van der Waals surface area contributed by atoms with E-state index in [-0.39, 0.29) is 23.8 Å². The first-order chi connectivity index (χ1) is 20.6. The van der Waals surface area contributed by atoms with Crippen molar-refractivity contribution in [1.29, 1.82) is 0 Å². The maximum absolute atomic E-state index is 14.4. The fourth-order valence-electron chi connectivity index (χ4n) is 4.79. The minimum atomic E-state index is -4.18. The summed E-state index contributed by atoms with van der Waals surface area (Å²) in [7, 11) is -4.18. The zero-order chi connectivity index (χ0) is 31.0. The number of nitrogens with one attached hydrogen (secondary N) is 1. The van der Waals surface area contributed by atoms with E-state index in [0.29, 0.717) is 17.3 Å². The highest BCUT2D eigenvalue weighted by Gasteiger charge is 2.34. The van der Waals surface area contributed by atoms with Crippen LogP contribution in [0.3, 0.4) is 0 Å². The van der Waals surface area contributed by atoms with Gasteiger partial charge in [-0.2, -0.15) is 0 Å². The number of aryl methyl sites for hydroxylation is 2. The number of amides is 2. The smallest absolute Gasteiger partial charge is 0.264 e. The van der Waals surface area contributed by atoms with Crippen molar-refractivity contribution < 1.29 is 18.0 Å². The second kappa shape index (κ2) is 14.4. The average Bonchev–Trinajstić information content (AvgIpc) is 3.00. The summed E-state index contributed by atoms with van der Waals surface area (Å²) in [5, 5.41) is 3.27. The van der Waals surface area contributed by atoms with Gasteiger partial charge in [0.15, 0.2) is 0 Å². The van der Waals surface area contributed by atoms with Gasteiger partial charge in [0.05, 0.1) is 10.6 Å². The number of halogens is 1. The number of hydrogen-bond acceptors (Lipinski definition) is 4. The van der Waals surface area contributed by atoms with Crippen molar-refractivity contribution in [3.05, 3.63) is 130 Å². The summed E-state index contributed by atoms with van der Waals surface area (Å²) in [6.45, 7) is 5.67. The number of likely N-dealkylation sites (N-methyl/N-ethyl adjacent to an activating group) is 1. The molecule has 0 radical (unpaired) electrons. The van der Waals surface area contributed by atoms with E-state index in [1.54, 1.807) is 24.3 Å². The second-order valence-electron chi connectivity index (χ2n) is 10.3. The van der Waals surface area contributed by atoms with Crippen LogP contribution >= 0.6 is 11.6 Å². The summed E-state index contributed by atoms with van der Waals surface area (Å²) < 4.78 is 29.2. The molecule has 0 spiro atoms. The van der Waals surface area contributed by atoms with Crippen molar-refractivity contribution in [3.8, 4) is 0 Å². The number of nitrogens with zero attached hydrogens (tertiary/aromatic N) is 2. The lowest BCUT2D eigenvalue weighted by molar-refractivity contribution is -0.140. The van der Waals surface area contributed by atoms with Gasteiger partial charge in [0.25, 0.3) is 10.0 Å². The Bertz CT molecular complexity index is 1640. The van der Waals surface area contributed by atoms with Gasteiger partial charge in [-0.25, -0.2) is 8.42 Å². The first-order valence-corrected chi connectivity index (χ1v) is 15.9. The molecule has 4 aromatic carbocycles. The molecule has 1 atom stereocenters. The summed E-state index contributed by atoms with van der Waals surface area (Å²) in [4.78, 5) is 29.5. The number of hydrogen-bond donors (Lipinski definition) is 1.